The van der Waals surface area contributed by atoms with Crippen LogP contribution in [0.1, 0.15) is 20.4 Å². The van der Waals surface area contributed by atoms with Gasteiger partial charge in [-0.25, -0.2) is 4.98 Å². The molecule has 1 amide bonds. The molecule has 4 nitrogen and oxygen atoms in total. The summed E-state index contributed by atoms with van der Waals surface area (Å²) in [5.74, 6) is -0.0982. The summed E-state index contributed by atoms with van der Waals surface area (Å²) >= 11 is 8.86. The summed E-state index contributed by atoms with van der Waals surface area (Å²) in [6.45, 7) is 5.22. The van der Waals surface area contributed by atoms with Crippen LogP contribution in [0.4, 0.5) is 0 Å². The quantitative estimate of drug-likeness (QED) is 0.787. The lowest BCUT2D eigenvalue weighted by Gasteiger charge is -2.19. The average molecular weight is 342 g/mol. The Morgan fingerprint density at radius 2 is 2.33 bits per heavy atom. The number of nitrogens with zero attached hydrogens (tertiary/aromatic N) is 2. The second-order valence-corrected chi connectivity index (χ2v) is 7.09. The third-order valence-corrected chi connectivity index (χ3v) is 4.87. The van der Waals surface area contributed by atoms with Crippen LogP contribution in [0, 0.1) is 0 Å². The third kappa shape index (κ3) is 4.38. The summed E-state index contributed by atoms with van der Waals surface area (Å²) in [6.07, 6.45) is 2.40. The third-order valence-electron chi connectivity index (χ3n) is 2.74. The molecule has 0 fully saturated rings. The summed E-state index contributed by atoms with van der Waals surface area (Å²) in [7, 11) is 0. The van der Waals surface area contributed by atoms with Crippen LogP contribution >= 0.6 is 34.3 Å². The molecule has 2 N–H and O–H groups in total. The molecule has 2 rings (SSSR count). The van der Waals surface area contributed by atoms with Gasteiger partial charge in [0, 0.05) is 23.2 Å². The van der Waals surface area contributed by atoms with Gasteiger partial charge in [-0.2, -0.15) is 0 Å². The van der Waals surface area contributed by atoms with E-state index in [4.69, 9.17) is 17.3 Å². The normalized spacial score (nSPS) is 10.6. The van der Waals surface area contributed by atoms with Gasteiger partial charge in [-0.15, -0.1) is 29.3 Å². The lowest BCUT2D eigenvalue weighted by atomic mass is 10.3. The molecular weight excluding hydrogens is 326 g/mol. The maximum atomic E-state index is 12.5. The van der Waals surface area contributed by atoms with E-state index in [1.54, 1.807) is 16.4 Å². The maximum absolute atomic E-state index is 12.5. The molecule has 112 valence electrons. The van der Waals surface area contributed by atoms with E-state index in [0.29, 0.717) is 31.7 Å². The fourth-order valence-corrected chi connectivity index (χ4v) is 3.70. The first kappa shape index (κ1) is 16.2. The molecule has 7 heteroatoms. The highest BCUT2D eigenvalue weighted by molar-refractivity contribution is 7.16. The minimum atomic E-state index is -0.0982. The zero-order valence-corrected chi connectivity index (χ0v) is 13.8. The maximum Gasteiger partial charge on any atom is 0.273 e. The number of halogens is 1. The summed E-state index contributed by atoms with van der Waals surface area (Å²) in [4.78, 5) is 19.6. The number of amides is 1. The van der Waals surface area contributed by atoms with Crippen LogP contribution in [-0.2, 0) is 13.0 Å². The van der Waals surface area contributed by atoms with E-state index >= 15 is 0 Å². The summed E-state index contributed by atoms with van der Waals surface area (Å²) < 4.78 is 0.717. The van der Waals surface area contributed by atoms with Crippen LogP contribution in [0.5, 0.6) is 0 Å². The Bertz CT molecular complexity index is 623. The van der Waals surface area contributed by atoms with E-state index in [-0.39, 0.29) is 5.91 Å². The lowest BCUT2D eigenvalue weighted by Crippen LogP contribution is -2.30. The highest BCUT2D eigenvalue weighted by atomic mass is 35.5. The molecule has 0 saturated carbocycles. The van der Waals surface area contributed by atoms with Gasteiger partial charge >= 0.3 is 0 Å². The van der Waals surface area contributed by atoms with Crippen molar-refractivity contribution in [3.8, 4) is 0 Å². The van der Waals surface area contributed by atoms with Crippen molar-refractivity contribution in [3.63, 3.8) is 0 Å². The lowest BCUT2D eigenvalue weighted by molar-refractivity contribution is 0.0759. The highest BCUT2D eigenvalue weighted by Crippen LogP contribution is 2.23. The van der Waals surface area contributed by atoms with Crippen molar-refractivity contribution in [1.82, 2.24) is 9.88 Å². The predicted octanol–water partition coefficient (Wildman–Crippen LogP) is 3.19. The van der Waals surface area contributed by atoms with Gasteiger partial charge in [0.2, 0.25) is 0 Å². The van der Waals surface area contributed by atoms with Crippen LogP contribution in [0.3, 0.4) is 0 Å². The molecule has 2 aromatic heterocycles. The van der Waals surface area contributed by atoms with Gasteiger partial charge in [0.15, 0.2) is 0 Å². The number of thiazole rings is 1. The molecule has 0 unspecified atom stereocenters. The second kappa shape index (κ2) is 7.70. The predicted molar refractivity (Wildman–Crippen MR) is 89.1 cm³/mol. The largest absolute Gasteiger partial charge is 0.330 e. The van der Waals surface area contributed by atoms with Gasteiger partial charge in [-0.05, 0) is 18.7 Å². The van der Waals surface area contributed by atoms with Crippen molar-refractivity contribution < 1.29 is 4.79 Å². The van der Waals surface area contributed by atoms with Crippen molar-refractivity contribution in [3.05, 3.63) is 50.1 Å². The standard InChI is InChI=1S/C14H16ClN3OS2/c1-2-7-18(8-10-3-4-12(15)21-10)14(19)11-9-20-13(17-11)5-6-16/h2-4,9H,1,5-8,16H2. The van der Waals surface area contributed by atoms with Crippen molar-refractivity contribution in [2.45, 2.75) is 13.0 Å². The number of thiophene rings is 1. The van der Waals surface area contributed by atoms with E-state index in [2.05, 4.69) is 11.6 Å². The Labute approximate surface area is 136 Å². The Morgan fingerprint density at radius 1 is 1.52 bits per heavy atom. The van der Waals surface area contributed by atoms with E-state index in [0.717, 1.165) is 14.2 Å². The minimum absolute atomic E-state index is 0.0982. The molecule has 0 radical (unpaired) electrons. The van der Waals surface area contributed by atoms with Gasteiger partial charge in [0.25, 0.3) is 5.91 Å². The topological polar surface area (TPSA) is 59.2 Å². The van der Waals surface area contributed by atoms with Crippen LogP contribution in [0.2, 0.25) is 4.34 Å². The molecule has 0 bridgehead atoms. The van der Waals surface area contributed by atoms with E-state index < -0.39 is 0 Å². The minimum Gasteiger partial charge on any atom is -0.330 e. The first-order chi connectivity index (χ1) is 10.1. The molecule has 0 atom stereocenters. The molecule has 21 heavy (non-hydrogen) atoms. The van der Waals surface area contributed by atoms with Crippen molar-refractivity contribution in [2.75, 3.05) is 13.1 Å². The number of carbonyl (C=O) groups excluding carboxylic acids is 1. The van der Waals surface area contributed by atoms with Gasteiger partial charge in [0.1, 0.15) is 5.69 Å². The van der Waals surface area contributed by atoms with Gasteiger partial charge in [-0.1, -0.05) is 17.7 Å². The fraction of sp³-hybridized carbons (Fsp3) is 0.286. The fourth-order valence-electron chi connectivity index (χ4n) is 1.81. The zero-order chi connectivity index (χ0) is 15.2. The van der Waals surface area contributed by atoms with E-state index in [9.17, 15) is 4.79 Å². The number of hydrogen-bond acceptors (Lipinski definition) is 5. The van der Waals surface area contributed by atoms with Gasteiger partial charge in [0.05, 0.1) is 15.9 Å². The molecule has 0 aliphatic heterocycles. The van der Waals surface area contributed by atoms with E-state index in [1.165, 1.54) is 22.7 Å². The van der Waals surface area contributed by atoms with E-state index in [1.807, 2.05) is 12.1 Å². The monoisotopic (exact) mass is 341 g/mol. The van der Waals surface area contributed by atoms with Crippen molar-refractivity contribution in [1.29, 1.82) is 0 Å². The summed E-state index contributed by atoms with van der Waals surface area (Å²) in [5.41, 5.74) is 5.97. The molecule has 0 saturated heterocycles. The highest BCUT2D eigenvalue weighted by Gasteiger charge is 2.18. The molecule has 0 aromatic carbocycles. The molecule has 2 aromatic rings. The molecule has 0 aliphatic rings. The first-order valence-electron chi connectivity index (χ1n) is 6.43. The van der Waals surface area contributed by atoms with Crippen LogP contribution < -0.4 is 5.73 Å². The summed E-state index contributed by atoms with van der Waals surface area (Å²) in [5, 5.41) is 2.67. The van der Waals surface area contributed by atoms with Crippen LogP contribution in [0.15, 0.2) is 30.2 Å². The van der Waals surface area contributed by atoms with Crippen LogP contribution in [-0.4, -0.2) is 28.9 Å². The Balaban J connectivity index is 2.12. The van der Waals surface area contributed by atoms with Crippen LogP contribution in [0.25, 0.3) is 0 Å². The Kier molecular flexibility index (Phi) is 5.93. The first-order valence-corrected chi connectivity index (χ1v) is 8.50. The zero-order valence-electron chi connectivity index (χ0n) is 11.4. The SMILES string of the molecule is C=CCN(Cc1ccc(Cl)s1)C(=O)c1csc(CCN)n1. The number of carbonyl (C=O) groups is 1. The number of rotatable bonds is 7. The van der Waals surface area contributed by atoms with Crippen molar-refractivity contribution in [2.24, 2.45) is 5.73 Å². The second-order valence-electron chi connectivity index (χ2n) is 4.35. The number of hydrogen-bond donors (Lipinski definition) is 1. The van der Waals surface area contributed by atoms with Crippen molar-refractivity contribution >= 4 is 40.2 Å². The number of nitrogens with two attached hydrogens (primary N) is 1. The molecule has 0 spiro atoms. The molecule has 0 aliphatic carbocycles. The van der Waals surface area contributed by atoms with Gasteiger partial charge in [-0.3, -0.25) is 4.79 Å². The summed E-state index contributed by atoms with van der Waals surface area (Å²) in [6, 6.07) is 3.76. The van der Waals surface area contributed by atoms with Gasteiger partial charge < -0.3 is 10.6 Å². The molecular formula is C14H16ClN3OS2. The average Bonchev–Trinajstić information content (AvgIpc) is 3.07. The Morgan fingerprint density at radius 3 is 2.95 bits per heavy atom. The molecule has 2 heterocycles. The smallest absolute Gasteiger partial charge is 0.273 e. The Hall–Kier alpha value is -1.21. The number of aromatic nitrogens is 1.